The smallest absolute Gasteiger partial charge is 0.263 e. The molecule has 1 saturated heterocycles. The van der Waals surface area contributed by atoms with Gasteiger partial charge in [-0.25, -0.2) is 0 Å². The molecule has 0 atom stereocenters. The number of amides is 1. The minimum absolute atomic E-state index is 0.121. The van der Waals surface area contributed by atoms with Gasteiger partial charge in [0.05, 0.1) is 11.5 Å². The SMILES string of the molecule is CCOc1cc(C)c(/C=C2/SC(=S)NC2=O)cc1C(C)C. The van der Waals surface area contributed by atoms with E-state index in [0.717, 1.165) is 22.4 Å². The Morgan fingerprint density at radius 2 is 2.14 bits per heavy atom. The van der Waals surface area contributed by atoms with Gasteiger partial charge in [0.1, 0.15) is 10.1 Å². The minimum atomic E-state index is -0.121. The van der Waals surface area contributed by atoms with Crippen LogP contribution in [-0.4, -0.2) is 16.8 Å². The highest BCUT2D eigenvalue weighted by molar-refractivity contribution is 8.26. The Hall–Kier alpha value is -1.33. The van der Waals surface area contributed by atoms with Gasteiger partial charge in [-0.1, -0.05) is 37.8 Å². The van der Waals surface area contributed by atoms with Gasteiger partial charge < -0.3 is 10.1 Å². The average Bonchev–Trinajstić information content (AvgIpc) is 2.71. The zero-order valence-electron chi connectivity index (χ0n) is 12.6. The lowest BCUT2D eigenvalue weighted by Gasteiger charge is -2.16. The van der Waals surface area contributed by atoms with Gasteiger partial charge in [0.15, 0.2) is 0 Å². The van der Waals surface area contributed by atoms with Gasteiger partial charge in [0, 0.05) is 0 Å². The van der Waals surface area contributed by atoms with E-state index < -0.39 is 0 Å². The first-order valence-corrected chi connectivity index (χ1v) is 8.17. The summed E-state index contributed by atoms with van der Waals surface area (Å²) in [6.45, 7) is 8.92. The molecule has 3 nitrogen and oxygen atoms in total. The minimum Gasteiger partial charge on any atom is -0.494 e. The highest BCUT2D eigenvalue weighted by Gasteiger charge is 2.22. The number of carbonyl (C=O) groups excluding carboxylic acids is 1. The number of thiocarbonyl (C=S) groups is 1. The third-order valence-corrected chi connectivity index (χ3v) is 4.41. The number of ether oxygens (including phenoxy) is 1. The van der Waals surface area contributed by atoms with Crippen LogP contribution in [0.3, 0.4) is 0 Å². The highest BCUT2D eigenvalue weighted by atomic mass is 32.2. The number of hydrogen-bond donors (Lipinski definition) is 1. The van der Waals surface area contributed by atoms with E-state index in [4.69, 9.17) is 17.0 Å². The van der Waals surface area contributed by atoms with Crippen LogP contribution in [0.5, 0.6) is 5.75 Å². The predicted octanol–water partition coefficient (Wildman–Crippen LogP) is 4.01. The third kappa shape index (κ3) is 3.66. The van der Waals surface area contributed by atoms with Gasteiger partial charge in [0.25, 0.3) is 5.91 Å². The third-order valence-electron chi connectivity index (χ3n) is 3.25. The van der Waals surface area contributed by atoms with Crippen LogP contribution in [0, 0.1) is 6.92 Å². The lowest BCUT2D eigenvalue weighted by Crippen LogP contribution is -2.17. The molecule has 1 aliphatic heterocycles. The van der Waals surface area contributed by atoms with Crippen molar-refractivity contribution in [2.75, 3.05) is 6.61 Å². The van der Waals surface area contributed by atoms with E-state index in [1.165, 1.54) is 11.8 Å². The summed E-state index contributed by atoms with van der Waals surface area (Å²) in [5, 5.41) is 2.64. The summed E-state index contributed by atoms with van der Waals surface area (Å²) in [6.07, 6.45) is 1.90. The molecule has 1 aromatic carbocycles. The number of hydrogen-bond acceptors (Lipinski definition) is 4. The number of rotatable bonds is 4. The van der Waals surface area contributed by atoms with Gasteiger partial charge in [-0.15, -0.1) is 0 Å². The topological polar surface area (TPSA) is 38.3 Å². The van der Waals surface area contributed by atoms with Gasteiger partial charge in [-0.2, -0.15) is 0 Å². The number of thioether (sulfide) groups is 1. The molecule has 0 aromatic heterocycles. The van der Waals surface area contributed by atoms with E-state index in [0.29, 0.717) is 21.8 Å². The zero-order valence-corrected chi connectivity index (χ0v) is 14.3. The molecule has 5 heteroatoms. The molecule has 1 heterocycles. The first kappa shape index (κ1) is 16.0. The molecule has 112 valence electrons. The van der Waals surface area contributed by atoms with Gasteiger partial charge in [-0.05, 0) is 54.7 Å². The molecule has 1 N–H and O–H groups in total. The molecule has 1 aliphatic rings. The summed E-state index contributed by atoms with van der Waals surface area (Å²) < 4.78 is 6.23. The van der Waals surface area contributed by atoms with Gasteiger partial charge in [0.2, 0.25) is 0 Å². The molecule has 1 amide bonds. The van der Waals surface area contributed by atoms with E-state index in [1.54, 1.807) is 0 Å². The Balaban J connectivity index is 2.45. The van der Waals surface area contributed by atoms with Crippen LogP contribution in [0.1, 0.15) is 43.4 Å². The van der Waals surface area contributed by atoms with Crippen LogP contribution >= 0.6 is 24.0 Å². The molecule has 0 saturated carbocycles. The molecule has 0 bridgehead atoms. The second-order valence-corrected chi connectivity index (χ2v) is 6.91. The van der Waals surface area contributed by atoms with Crippen LogP contribution in [0.2, 0.25) is 0 Å². The van der Waals surface area contributed by atoms with E-state index in [2.05, 4.69) is 25.2 Å². The van der Waals surface area contributed by atoms with Crippen molar-refractivity contribution in [3.8, 4) is 5.75 Å². The van der Waals surface area contributed by atoms with Gasteiger partial charge in [-0.3, -0.25) is 4.79 Å². The maximum absolute atomic E-state index is 11.8. The Morgan fingerprint density at radius 1 is 1.43 bits per heavy atom. The Kier molecular flexibility index (Phi) is 5.06. The Labute approximate surface area is 135 Å². The fourth-order valence-electron chi connectivity index (χ4n) is 2.17. The monoisotopic (exact) mass is 321 g/mol. The van der Waals surface area contributed by atoms with E-state index >= 15 is 0 Å². The second kappa shape index (κ2) is 6.62. The van der Waals surface area contributed by atoms with Crippen molar-refractivity contribution in [2.24, 2.45) is 0 Å². The summed E-state index contributed by atoms with van der Waals surface area (Å²) in [6, 6.07) is 4.15. The van der Waals surface area contributed by atoms with Gasteiger partial charge >= 0.3 is 0 Å². The van der Waals surface area contributed by atoms with Crippen molar-refractivity contribution in [1.29, 1.82) is 0 Å². The summed E-state index contributed by atoms with van der Waals surface area (Å²) in [5.74, 6) is 1.16. The molecular weight excluding hydrogens is 302 g/mol. The molecule has 1 fully saturated rings. The normalized spacial score (nSPS) is 16.7. The number of carbonyl (C=O) groups is 1. The summed E-state index contributed by atoms with van der Waals surface area (Å²) in [5.41, 5.74) is 3.27. The standard InChI is InChI=1S/C16H19NO2S2/c1-5-19-13-6-10(4)11(7-12(13)9(2)3)8-14-15(18)17-16(20)21-14/h6-9H,5H2,1-4H3,(H,17,18,20)/b14-8+. The van der Waals surface area contributed by atoms with E-state index in [-0.39, 0.29) is 5.91 Å². The maximum Gasteiger partial charge on any atom is 0.263 e. The van der Waals surface area contributed by atoms with Crippen LogP contribution in [0.4, 0.5) is 0 Å². The van der Waals surface area contributed by atoms with Crippen molar-refractivity contribution in [3.05, 3.63) is 33.7 Å². The fourth-order valence-corrected chi connectivity index (χ4v) is 3.20. The summed E-state index contributed by atoms with van der Waals surface area (Å²) >= 11 is 6.32. The van der Waals surface area contributed by atoms with Crippen molar-refractivity contribution in [3.63, 3.8) is 0 Å². The fraction of sp³-hybridized carbons (Fsp3) is 0.375. The molecule has 0 aliphatic carbocycles. The van der Waals surface area contributed by atoms with Crippen LogP contribution in [0.25, 0.3) is 6.08 Å². The van der Waals surface area contributed by atoms with Crippen molar-refractivity contribution in [1.82, 2.24) is 5.32 Å². The van der Waals surface area contributed by atoms with E-state index in [9.17, 15) is 4.79 Å². The molecule has 2 rings (SSSR count). The van der Waals surface area contributed by atoms with Crippen molar-refractivity contribution < 1.29 is 9.53 Å². The molecule has 1 aromatic rings. The van der Waals surface area contributed by atoms with E-state index in [1.807, 2.05) is 26.0 Å². The average molecular weight is 321 g/mol. The molecule has 0 unspecified atom stereocenters. The highest BCUT2D eigenvalue weighted by Crippen LogP contribution is 2.33. The number of aryl methyl sites for hydroxylation is 1. The van der Waals surface area contributed by atoms with Crippen LogP contribution in [0.15, 0.2) is 17.0 Å². The molecule has 0 radical (unpaired) electrons. The largest absolute Gasteiger partial charge is 0.494 e. The Bertz CT molecular complexity index is 621. The van der Waals surface area contributed by atoms with Crippen LogP contribution < -0.4 is 10.1 Å². The quantitative estimate of drug-likeness (QED) is 0.672. The molecule has 0 spiro atoms. The predicted molar refractivity (Wildman–Crippen MR) is 92.7 cm³/mol. The van der Waals surface area contributed by atoms with Crippen molar-refractivity contribution >= 4 is 40.3 Å². The molecular formula is C16H19NO2S2. The van der Waals surface area contributed by atoms with Crippen molar-refractivity contribution in [2.45, 2.75) is 33.6 Å². The number of benzene rings is 1. The lowest BCUT2D eigenvalue weighted by molar-refractivity contribution is -0.115. The Morgan fingerprint density at radius 3 is 2.67 bits per heavy atom. The first-order valence-electron chi connectivity index (χ1n) is 6.94. The first-order chi connectivity index (χ1) is 9.92. The maximum atomic E-state index is 11.8. The summed E-state index contributed by atoms with van der Waals surface area (Å²) in [7, 11) is 0. The molecule has 21 heavy (non-hydrogen) atoms. The lowest BCUT2D eigenvalue weighted by atomic mass is 9.96. The zero-order chi connectivity index (χ0) is 15.6. The second-order valence-electron chi connectivity index (χ2n) is 5.19. The summed E-state index contributed by atoms with van der Waals surface area (Å²) in [4.78, 5) is 12.4. The van der Waals surface area contributed by atoms with Crippen LogP contribution in [-0.2, 0) is 4.79 Å². The number of nitrogens with one attached hydrogen (secondary N) is 1.